The van der Waals surface area contributed by atoms with Crippen molar-refractivity contribution in [3.8, 4) is 11.3 Å². The van der Waals surface area contributed by atoms with Crippen LogP contribution in [0.2, 0.25) is 10.0 Å². The average molecular weight is 435 g/mol. The Morgan fingerprint density at radius 2 is 1.63 bits per heavy atom. The van der Waals surface area contributed by atoms with Crippen LogP contribution in [0.3, 0.4) is 0 Å². The number of nitrogens with zero attached hydrogens (tertiary/aromatic N) is 1. The lowest BCUT2D eigenvalue weighted by Crippen LogP contribution is -2.25. The molecule has 0 atom stereocenters. The lowest BCUT2D eigenvalue weighted by Gasteiger charge is -2.11. The topological polar surface area (TPSA) is 42.0 Å². The molecule has 4 rings (SSSR count). The van der Waals surface area contributed by atoms with Gasteiger partial charge in [-0.15, -0.1) is 0 Å². The van der Waals surface area contributed by atoms with Crippen LogP contribution in [0.15, 0.2) is 78.9 Å². The summed E-state index contributed by atoms with van der Waals surface area (Å²) >= 11 is 12.2. The molecule has 1 N–H and O–H groups in total. The Hall–Kier alpha value is -2.88. The molecule has 1 amide bonds. The van der Waals surface area contributed by atoms with E-state index >= 15 is 0 Å². The molecule has 0 saturated heterocycles. The number of nitrogens with one attached hydrogen (secondary N) is 1. The van der Waals surface area contributed by atoms with E-state index in [1.807, 2.05) is 54.6 Å². The highest BCUT2D eigenvalue weighted by atomic mass is 35.5. The Balaban J connectivity index is 1.57. The first-order valence-corrected chi connectivity index (χ1v) is 10.5. The number of rotatable bonds is 6. The number of halogens is 2. The highest BCUT2D eigenvalue weighted by molar-refractivity contribution is 6.42. The molecule has 30 heavy (non-hydrogen) atoms. The number of hydrogen-bond donors (Lipinski definition) is 1. The van der Waals surface area contributed by atoms with Crippen molar-refractivity contribution in [3.63, 3.8) is 0 Å². The fraction of sp³-hybridized carbons (Fsp3) is 0.120. The minimum Gasteiger partial charge on any atom is -0.352 e. The van der Waals surface area contributed by atoms with Crippen molar-refractivity contribution in [3.05, 3.63) is 100 Å². The molecule has 1 aromatic heterocycles. The normalized spacial score (nSPS) is 10.9. The summed E-state index contributed by atoms with van der Waals surface area (Å²) in [6, 6.07) is 25.1. The summed E-state index contributed by atoms with van der Waals surface area (Å²) < 4.78 is 0. The quantitative estimate of drug-likeness (QED) is 0.348. The maximum Gasteiger partial charge on any atom is 0.252 e. The van der Waals surface area contributed by atoms with Crippen molar-refractivity contribution >= 4 is 40.0 Å². The Morgan fingerprint density at radius 1 is 0.867 bits per heavy atom. The van der Waals surface area contributed by atoms with Gasteiger partial charge in [-0.25, -0.2) is 4.98 Å². The first kappa shape index (κ1) is 20.4. The van der Waals surface area contributed by atoms with Gasteiger partial charge in [0.05, 0.1) is 26.8 Å². The van der Waals surface area contributed by atoms with Crippen LogP contribution in [-0.2, 0) is 6.42 Å². The standard InChI is InChI=1S/C25H20Cl2N2O/c26-21-13-12-18(15-22(21)27)24-16-20(19-10-4-5-11-23(19)29-24)25(30)28-14-6-9-17-7-2-1-3-8-17/h1-5,7-8,10-13,15-16H,6,9,14H2,(H,28,30). The molecule has 150 valence electrons. The molecule has 0 aliphatic rings. The maximum absolute atomic E-state index is 13.0. The second kappa shape index (κ2) is 9.29. The summed E-state index contributed by atoms with van der Waals surface area (Å²) in [5, 5.41) is 4.81. The molecule has 0 saturated carbocycles. The molecule has 0 fully saturated rings. The van der Waals surface area contributed by atoms with Gasteiger partial charge in [0.1, 0.15) is 0 Å². The van der Waals surface area contributed by atoms with E-state index in [1.54, 1.807) is 12.1 Å². The van der Waals surface area contributed by atoms with E-state index in [-0.39, 0.29) is 5.91 Å². The van der Waals surface area contributed by atoms with E-state index in [0.717, 1.165) is 29.3 Å². The minimum atomic E-state index is -0.108. The van der Waals surface area contributed by atoms with E-state index in [1.165, 1.54) is 5.56 Å². The molecule has 3 nitrogen and oxygen atoms in total. The first-order chi connectivity index (χ1) is 14.6. The van der Waals surface area contributed by atoms with Crippen LogP contribution in [0.4, 0.5) is 0 Å². The number of pyridine rings is 1. The minimum absolute atomic E-state index is 0.108. The predicted molar refractivity (Wildman–Crippen MR) is 124 cm³/mol. The van der Waals surface area contributed by atoms with E-state index < -0.39 is 0 Å². The summed E-state index contributed by atoms with van der Waals surface area (Å²) in [4.78, 5) is 17.7. The van der Waals surface area contributed by atoms with E-state index in [2.05, 4.69) is 17.4 Å². The molecule has 3 aromatic carbocycles. The van der Waals surface area contributed by atoms with E-state index in [4.69, 9.17) is 28.2 Å². The number of para-hydroxylation sites is 1. The van der Waals surface area contributed by atoms with Crippen LogP contribution in [0, 0.1) is 0 Å². The number of carbonyl (C=O) groups is 1. The largest absolute Gasteiger partial charge is 0.352 e. The van der Waals surface area contributed by atoms with Gasteiger partial charge in [0.25, 0.3) is 5.91 Å². The Bertz CT molecular complexity index is 1190. The van der Waals surface area contributed by atoms with Gasteiger partial charge in [-0.3, -0.25) is 4.79 Å². The third-order valence-corrected chi connectivity index (χ3v) is 5.69. The molecule has 0 aliphatic carbocycles. The van der Waals surface area contributed by atoms with Crippen LogP contribution in [-0.4, -0.2) is 17.4 Å². The molecule has 0 unspecified atom stereocenters. The second-order valence-electron chi connectivity index (χ2n) is 7.05. The van der Waals surface area contributed by atoms with Gasteiger partial charge >= 0.3 is 0 Å². The smallest absolute Gasteiger partial charge is 0.252 e. The molecule has 0 aliphatic heterocycles. The zero-order valence-electron chi connectivity index (χ0n) is 16.2. The summed E-state index contributed by atoms with van der Waals surface area (Å²) in [6.07, 6.45) is 1.80. The third kappa shape index (κ3) is 4.64. The summed E-state index contributed by atoms with van der Waals surface area (Å²) in [5.74, 6) is -0.108. The van der Waals surface area contributed by atoms with Crippen molar-refractivity contribution in [1.82, 2.24) is 10.3 Å². The number of carbonyl (C=O) groups excluding carboxylic acids is 1. The van der Waals surface area contributed by atoms with Crippen LogP contribution in [0.1, 0.15) is 22.3 Å². The summed E-state index contributed by atoms with van der Waals surface area (Å²) in [6.45, 7) is 0.604. The van der Waals surface area contributed by atoms with Gasteiger partial charge < -0.3 is 5.32 Å². The zero-order valence-corrected chi connectivity index (χ0v) is 17.8. The van der Waals surface area contributed by atoms with Gasteiger partial charge in [0, 0.05) is 17.5 Å². The lowest BCUT2D eigenvalue weighted by molar-refractivity contribution is 0.0955. The van der Waals surface area contributed by atoms with Gasteiger partial charge in [0.2, 0.25) is 0 Å². The van der Waals surface area contributed by atoms with Gasteiger partial charge in [-0.1, -0.05) is 77.8 Å². The molecule has 0 spiro atoms. The van der Waals surface area contributed by atoms with Crippen molar-refractivity contribution < 1.29 is 4.79 Å². The number of aryl methyl sites for hydroxylation is 1. The van der Waals surface area contributed by atoms with Gasteiger partial charge in [0.15, 0.2) is 0 Å². The van der Waals surface area contributed by atoms with Crippen molar-refractivity contribution in [2.75, 3.05) is 6.54 Å². The van der Waals surface area contributed by atoms with Crippen molar-refractivity contribution in [2.24, 2.45) is 0 Å². The molecule has 0 radical (unpaired) electrons. The van der Waals surface area contributed by atoms with E-state index in [9.17, 15) is 4.79 Å². The fourth-order valence-electron chi connectivity index (χ4n) is 3.40. The number of aromatic nitrogens is 1. The first-order valence-electron chi connectivity index (χ1n) is 9.79. The monoisotopic (exact) mass is 434 g/mol. The number of hydrogen-bond acceptors (Lipinski definition) is 2. The lowest BCUT2D eigenvalue weighted by atomic mass is 10.0. The van der Waals surface area contributed by atoms with Gasteiger partial charge in [-0.2, -0.15) is 0 Å². The molecule has 4 aromatic rings. The highest BCUT2D eigenvalue weighted by Gasteiger charge is 2.14. The fourth-order valence-corrected chi connectivity index (χ4v) is 3.70. The Labute approximate surface area is 185 Å². The van der Waals surface area contributed by atoms with Crippen LogP contribution >= 0.6 is 23.2 Å². The highest BCUT2D eigenvalue weighted by Crippen LogP contribution is 2.30. The van der Waals surface area contributed by atoms with Crippen molar-refractivity contribution in [2.45, 2.75) is 12.8 Å². The van der Waals surface area contributed by atoms with Gasteiger partial charge in [-0.05, 0) is 42.7 Å². The molecule has 1 heterocycles. The predicted octanol–water partition coefficient (Wildman–Crippen LogP) is 6.57. The molecule has 5 heteroatoms. The SMILES string of the molecule is O=C(NCCCc1ccccc1)c1cc(-c2ccc(Cl)c(Cl)c2)nc2ccccc12. The summed E-state index contributed by atoms with van der Waals surface area (Å²) in [7, 11) is 0. The number of amides is 1. The third-order valence-electron chi connectivity index (χ3n) is 4.95. The van der Waals surface area contributed by atoms with Crippen molar-refractivity contribution in [1.29, 1.82) is 0 Å². The van der Waals surface area contributed by atoms with E-state index in [0.29, 0.717) is 27.8 Å². The second-order valence-corrected chi connectivity index (χ2v) is 7.86. The average Bonchev–Trinajstić information content (AvgIpc) is 2.78. The van der Waals surface area contributed by atoms with Crippen LogP contribution < -0.4 is 5.32 Å². The Morgan fingerprint density at radius 3 is 2.43 bits per heavy atom. The molecule has 0 bridgehead atoms. The van der Waals surface area contributed by atoms with Crippen LogP contribution in [0.5, 0.6) is 0 Å². The summed E-state index contributed by atoms with van der Waals surface area (Å²) in [5.41, 5.74) is 4.12. The molecular weight excluding hydrogens is 415 g/mol. The maximum atomic E-state index is 13.0. The zero-order chi connectivity index (χ0) is 20.9. The van der Waals surface area contributed by atoms with Crippen LogP contribution in [0.25, 0.3) is 22.2 Å². The molecular formula is C25H20Cl2N2O. The number of benzene rings is 3. The Kier molecular flexibility index (Phi) is 6.32. The number of fused-ring (bicyclic) bond motifs is 1.